The molecule has 0 aliphatic rings. The number of aryl methyl sites for hydroxylation is 1. The monoisotopic (exact) mass is 287 g/mol. The van der Waals surface area contributed by atoms with Gasteiger partial charge in [0.25, 0.3) is 5.91 Å². The van der Waals surface area contributed by atoms with Crippen LogP contribution in [0.3, 0.4) is 0 Å². The molecule has 1 atom stereocenters. The molecule has 0 aliphatic heterocycles. The molecule has 2 rings (SSSR count). The Morgan fingerprint density at radius 3 is 2.76 bits per heavy atom. The van der Waals surface area contributed by atoms with E-state index in [0.29, 0.717) is 11.3 Å². The van der Waals surface area contributed by atoms with Gasteiger partial charge in [0.05, 0.1) is 18.4 Å². The summed E-state index contributed by atoms with van der Waals surface area (Å²) in [7, 11) is 0. The van der Waals surface area contributed by atoms with Gasteiger partial charge in [-0.15, -0.1) is 0 Å². The van der Waals surface area contributed by atoms with Crippen LogP contribution in [0.25, 0.3) is 0 Å². The second-order valence-corrected chi connectivity index (χ2v) is 4.71. The van der Waals surface area contributed by atoms with E-state index in [-0.39, 0.29) is 12.5 Å². The van der Waals surface area contributed by atoms with Gasteiger partial charge in [0.1, 0.15) is 5.76 Å². The zero-order valence-electron chi connectivity index (χ0n) is 12.0. The van der Waals surface area contributed by atoms with E-state index in [1.54, 1.807) is 30.3 Å². The first kappa shape index (κ1) is 14.8. The number of rotatable bonds is 5. The number of amides is 1. The highest BCUT2D eigenvalue weighted by Crippen LogP contribution is 2.07. The summed E-state index contributed by atoms with van der Waals surface area (Å²) < 4.78 is 10.2. The molecule has 5 heteroatoms. The average Bonchev–Trinajstić information content (AvgIpc) is 2.97. The first-order valence-corrected chi connectivity index (χ1v) is 6.64. The van der Waals surface area contributed by atoms with Crippen molar-refractivity contribution in [2.24, 2.45) is 0 Å². The number of hydrogen-bond donors (Lipinski definition) is 1. The van der Waals surface area contributed by atoms with E-state index in [4.69, 9.17) is 9.15 Å². The van der Waals surface area contributed by atoms with E-state index in [1.165, 1.54) is 13.2 Å². The van der Waals surface area contributed by atoms with Gasteiger partial charge in [-0.25, -0.2) is 4.79 Å². The number of furan rings is 1. The molecule has 1 heterocycles. The highest BCUT2D eigenvalue weighted by molar-refractivity contribution is 5.92. The minimum Gasteiger partial charge on any atom is -0.467 e. The van der Waals surface area contributed by atoms with E-state index in [0.717, 1.165) is 5.56 Å². The topological polar surface area (TPSA) is 68.5 Å². The standard InChI is InChI=1S/C16H17NO4/c1-11-5-3-6-13(9-11)16(19)21-12(2)15(18)17-10-14-7-4-8-20-14/h3-9,12H,10H2,1-2H3,(H,17,18)/t12-/m1/s1. The van der Waals surface area contributed by atoms with Crippen LogP contribution in [0.15, 0.2) is 47.1 Å². The maximum Gasteiger partial charge on any atom is 0.338 e. The third-order valence-corrected chi connectivity index (χ3v) is 2.92. The molecule has 110 valence electrons. The Morgan fingerprint density at radius 2 is 2.10 bits per heavy atom. The minimum atomic E-state index is -0.868. The van der Waals surface area contributed by atoms with Crippen LogP contribution in [-0.2, 0) is 16.1 Å². The van der Waals surface area contributed by atoms with Crippen LogP contribution in [0.2, 0.25) is 0 Å². The second-order valence-electron chi connectivity index (χ2n) is 4.71. The largest absolute Gasteiger partial charge is 0.467 e. The molecule has 21 heavy (non-hydrogen) atoms. The first-order chi connectivity index (χ1) is 10.1. The van der Waals surface area contributed by atoms with Crippen LogP contribution < -0.4 is 5.32 Å². The fourth-order valence-electron chi connectivity index (χ4n) is 1.79. The van der Waals surface area contributed by atoms with Gasteiger partial charge in [0.2, 0.25) is 0 Å². The normalized spacial score (nSPS) is 11.7. The van der Waals surface area contributed by atoms with Crippen molar-refractivity contribution in [3.8, 4) is 0 Å². The van der Waals surface area contributed by atoms with E-state index in [2.05, 4.69) is 5.32 Å². The van der Waals surface area contributed by atoms with Crippen molar-refractivity contribution in [2.75, 3.05) is 0 Å². The molecule has 0 bridgehead atoms. The third kappa shape index (κ3) is 4.21. The molecule has 0 spiro atoms. The molecule has 0 radical (unpaired) electrons. The molecule has 0 saturated carbocycles. The molecule has 1 aromatic carbocycles. The smallest absolute Gasteiger partial charge is 0.338 e. The number of carbonyl (C=O) groups is 2. The quantitative estimate of drug-likeness (QED) is 0.858. The van der Waals surface area contributed by atoms with Crippen LogP contribution in [0.4, 0.5) is 0 Å². The number of nitrogens with one attached hydrogen (secondary N) is 1. The Labute approximate surface area is 122 Å². The zero-order valence-corrected chi connectivity index (χ0v) is 12.0. The van der Waals surface area contributed by atoms with Crippen LogP contribution in [0, 0.1) is 6.92 Å². The van der Waals surface area contributed by atoms with Crippen molar-refractivity contribution in [1.29, 1.82) is 0 Å². The average molecular weight is 287 g/mol. The number of benzene rings is 1. The molecular formula is C16H17NO4. The molecule has 2 aromatic rings. The number of carbonyl (C=O) groups excluding carboxylic acids is 2. The van der Waals surface area contributed by atoms with Gasteiger partial charge in [-0.2, -0.15) is 0 Å². The van der Waals surface area contributed by atoms with Crippen LogP contribution in [0.1, 0.15) is 28.6 Å². The molecule has 0 fully saturated rings. The van der Waals surface area contributed by atoms with E-state index in [9.17, 15) is 9.59 Å². The minimum absolute atomic E-state index is 0.262. The van der Waals surface area contributed by atoms with Crippen molar-refractivity contribution in [1.82, 2.24) is 5.32 Å². The van der Waals surface area contributed by atoms with Crippen molar-refractivity contribution >= 4 is 11.9 Å². The van der Waals surface area contributed by atoms with Crippen molar-refractivity contribution < 1.29 is 18.7 Å². The number of ether oxygens (including phenoxy) is 1. The fraction of sp³-hybridized carbons (Fsp3) is 0.250. The van der Waals surface area contributed by atoms with Gasteiger partial charge in [0, 0.05) is 0 Å². The van der Waals surface area contributed by atoms with Crippen molar-refractivity contribution in [2.45, 2.75) is 26.5 Å². The molecule has 1 aromatic heterocycles. The molecule has 1 amide bonds. The Balaban J connectivity index is 1.86. The van der Waals surface area contributed by atoms with Crippen LogP contribution >= 0.6 is 0 Å². The van der Waals surface area contributed by atoms with Crippen LogP contribution in [-0.4, -0.2) is 18.0 Å². The van der Waals surface area contributed by atoms with Gasteiger partial charge in [-0.3, -0.25) is 4.79 Å². The maximum absolute atomic E-state index is 11.9. The Morgan fingerprint density at radius 1 is 1.29 bits per heavy atom. The zero-order chi connectivity index (χ0) is 15.2. The van der Waals surface area contributed by atoms with Crippen molar-refractivity contribution in [3.63, 3.8) is 0 Å². The lowest BCUT2D eigenvalue weighted by Gasteiger charge is -2.13. The highest BCUT2D eigenvalue weighted by Gasteiger charge is 2.18. The molecule has 0 aliphatic carbocycles. The van der Waals surface area contributed by atoms with Gasteiger partial charge in [-0.05, 0) is 38.1 Å². The van der Waals surface area contributed by atoms with Gasteiger partial charge in [-0.1, -0.05) is 17.7 Å². The first-order valence-electron chi connectivity index (χ1n) is 6.64. The van der Waals surface area contributed by atoms with Crippen LogP contribution in [0.5, 0.6) is 0 Å². The fourth-order valence-corrected chi connectivity index (χ4v) is 1.79. The Kier molecular flexibility index (Phi) is 4.77. The lowest BCUT2D eigenvalue weighted by molar-refractivity contribution is -0.129. The van der Waals surface area contributed by atoms with E-state index >= 15 is 0 Å². The second kappa shape index (κ2) is 6.74. The Hall–Kier alpha value is -2.56. The molecule has 5 nitrogen and oxygen atoms in total. The summed E-state index contributed by atoms with van der Waals surface area (Å²) in [5.74, 6) is -0.243. The summed E-state index contributed by atoms with van der Waals surface area (Å²) in [6, 6.07) is 10.5. The van der Waals surface area contributed by atoms with Gasteiger partial charge in [0.15, 0.2) is 6.10 Å². The SMILES string of the molecule is Cc1cccc(C(=O)O[C@H](C)C(=O)NCc2ccco2)c1. The predicted molar refractivity (Wildman–Crippen MR) is 76.6 cm³/mol. The number of esters is 1. The molecule has 0 unspecified atom stereocenters. The summed E-state index contributed by atoms with van der Waals surface area (Å²) in [5, 5.41) is 2.64. The highest BCUT2D eigenvalue weighted by atomic mass is 16.5. The van der Waals surface area contributed by atoms with Gasteiger partial charge < -0.3 is 14.5 Å². The lowest BCUT2D eigenvalue weighted by atomic mass is 10.1. The van der Waals surface area contributed by atoms with Crippen molar-refractivity contribution in [3.05, 3.63) is 59.5 Å². The molecule has 1 N–H and O–H groups in total. The Bertz CT molecular complexity index is 619. The summed E-state index contributed by atoms with van der Waals surface area (Å²) in [4.78, 5) is 23.8. The molecule has 0 saturated heterocycles. The van der Waals surface area contributed by atoms with E-state index in [1.807, 2.05) is 13.0 Å². The summed E-state index contributed by atoms with van der Waals surface area (Å²) in [5.41, 5.74) is 1.39. The third-order valence-electron chi connectivity index (χ3n) is 2.92. The summed E-state index contributed by atoms with van der Waals surface area (Å²) in [6.45, 7) is 3.68. The van der Waals surface area contributed by atoms with Gasteiger partial charge >= 0.3 is 5.97 Å². The van der Waals surface area contributed by atoms with E-state index < -0.39 is 12.1 Å². The number of hydrogen-bond acceptors (Lipinski definition) is 4. The maximum atomic E-state index is 11.9. The lowest BCUT2D eigenvalue weighted by Crippen LogP contribution is -2.35. The molecular weight excluding hydrogens is 270 g/mol. The predicted octanol–water partition coefficient (Wildman–Crippen LogP) is 2.45. The summed E-state index contributed by atoms with van der Waals surface area (Å²) >= 11 is 0. The summed E-state index contributed by atoms with van der Waals surface area (Å²) in [6.07, 6.45) is 0.663.